The summed E-state index contributed by atoms with van der Waals surface area (Å²) < 4.78 is 5.14. The zero-order valence-electron chi connectivity index (χ0n) is 12.2. The first-order chi connectivity index (χ1) is 10.3. The van der Waals surface area contributed by atoms with E-state index < -0.39 is 0 Å². The van der Waals surface area contributed by atoms with Gasteiger partial charge in [0.05, 0.1) is 17.9 Å². The van der Waals surface area contributed by atoms with Gasteiger partial charge in [-0.3, -0.25) is 9.78 Å². The maximum absolute atomic E-state index is 12.4. The zero-order chi connectivity index (χ0) is 15.1. The number of ether oxygens (including phenoxy) is 1. The number of nitrogens with zero attached hydrogens (tertiary/aromatic N) is 1. The summed E-state index contributed by atoms with van der Waals surface area (Å²) in [6.45, 7) is 3.17. The molecule has 5 nitrogen and oxygen atoms in total. The predicted molar refractivity (Wildman–Crippen MR) is 83.5 cm³/mol. The average molecular weight is 285 g/mol. The molecule has 0 unspecified atom stereocenters. The van der Waals surface area contributed by atoms with Gasteiger partial charge < -0.3 is 15.4 Å². The van der Waals surface area contributed by atoms with Gasteiger partial charge in [-0.1, -0.05) is 18.2 Å². The summed E-state index contributed by atoms with van der Waals surface area (Å²) in [6, 6.07) is 9.37. The smallest absolute Gasteiger partial charge is 0.259 e. The van der Waals surface area contributed by atoms with Gasteiger partial charge in [0.2, 0.25) is 0 Å². The molecular formula is C16H19N3O2. The monoisotopic (exact) mass is 285 g/mol. The van der Waals surface area contributed by atoms with Gasteiger partial charge in [0.1, 0.15) is 0 Å². The number of methoxy groups -OCH3 is 1. The van der Waals surface area contributed by atoms with Crippen LogP contribution < -0.4 is 10.6 Å². The van der Waals surface area contributed by atoms with Gasteiger partial charge in [-0.05, 0) is 19.1 Å². The highest BCUT2D eigenvalue weighted by Crippen LogP contribution is 2.19. The van der Waals surface area contributed by atoms with Crippen molar-refractivity contribution in [1.82, 2.24) is 4.98 Å². The molecular weight excluding hydrogens is 266 g/mol. The van der Waals surface area contributed by atoms with E-state index in [0.29, 0.717) is 12.2 Å². The third-order valence-corrected chi connectivity index (χ3v) is 3.00. The highest BCUT2D eigenvalue weighted by Gasteiger charge is 2.13. The standard InChI is InChI=1S/C16H19N3O2/c1-3-18-15-8-9-17-10-13(15)16(20)19-14-7-5-4-6-12(14)11-21-2/h4-10H,3,11H2,1-2H3,(H,17,18)(H,19,20). The minimum Gasteiger partial charge on any atom is -0.385 e. The SMILES string of the molecule is CCNc1ccncc1C(=O)Nc1ccccc1COC. The molecule has 2 rings (SSSR count). The Morgan fingerprint density at radius 1 is 1.24 bits per heavy atom. The van der Waals surface area contributed by atoms with E-state index in [1.54, 1.807) is 25.6 Å². The summed E-state index contributed by atoms with van der Waals surface area (Å²) in [4.78, 5) is 16.5. The quantitative estimate of drug-likeness (QED) is 0.856. The molecule has 1 amide bonds. The highest BCUT2D eigenvalue weighted by atomic mass is 16.5. The summed E-state index contributed by atoms with van der Waals surface area (Å²) in [7, 11) is 1.63. The molecule has 0 aliphatic rings. The number of hydrogen-bond donors (Lipinski definition) is 2. The van der Waals surface area contributed by atoms with Crippen LogP contribution >= 0.6 is 0 Å². The summed E-state index contributed by atoms with van der Waals surface area (Å²) in [5, 5.41) is 6.07. The normalized spacial score (nSPS) is 10.2. The molecule has 0 saturated carbocycles. The van der Waals surface area contributed by atoms with Crippen LogP contribution in [0, 0.1) is 0 Å². The topological polar surface area (TPSA) is 63.2 Å². The molecule has 0 spiro atoms. The Morgan fingerprint density at radius 3 is 2.81 bits per heavy atom. The lowest BCUT2D eigenvalue weighted by Crippen LogP contribution is -2.16. The van der Waals surface area contributed by atoms with Gasteiger partial charge in [0.15, 0.2) is 0 Å². The molecule has 2 N–H and O–H groups in total. The van der Waals surface area contributed by atoms with Gasteiger partial charge in [-0.2, -0.15) is 0 Å². The summed E-state index contributed by atoms with van der Waals surface area (Å²) in [5.41, 5.74) is 2.97. The second-order valence-electron chi connectivity index (χ2n) is 4.50. The molecule has 2 aromatic rings. The van der Waals surface area contributed by atoms with Crippen LogP contribution in [-0.2, 0) is 11.3 Å². The van der Waals surface area contributed by atoms with Gasteiger partial charge in [-0.15, -0.1) is 0 Å². The lowest BCUT2D eigenvalue weighted by molar-refractivity contribution is 0.102. The Kier molecular flexibility index (Phi) is 5.29. The van der Waals surface area contributed by atoms with E-state index in [1.165, 1.54) is 0 Å². The lowest BCUT2D eigenvalue weighted by atomic mass is 10.1. The third kappa shape index (κ3) is 3.79. The molecule has 0 fully saturated rings. The fourth-order valence-corrected chi connectivity index (χ4v) is 2.03. The molecule has 110 valence electrons. The number of hydrogen-bond acceptors (Lipinski definition) is 4. The summed E-state index contributed by atoms with van der Waals surface area (Å²) in [5.74, 6) is -0.192. The number of benzene rings is 1. The average Bonchev–Trinajstić information content (AvgIpc) is 2.50. The molecule has 21 heavy (non-hydrogen) atoms. The van der Waals surface area contributed by atoms with Crippen LogP contribution in [0.15, 0.2) is 42.7 Å². The van der Waals surface area contributed by atoms with Crippen molar-refractivity contribution in [2.24, 2.45) is 0 Å². The number of amides is 1. The number of para-hydroxylation sites is 1. The van der Waals surface area contributed by atoms with E-state index >= 15 is 0 Å². The Labute approximate surface area is 124 Å². The van der Waals surface area contributed by atoms with Crippen molar-refractivity contribution in [1.29, 1.82) is 0 Å². The van der Waals surface area contributed by atoms with E-state index in [2.05, 4.69) is 15.6 Å². The molecule has 5 heteroatoms. The van der Waals surface area contributed by atoms with E-state index in [4.69, 9.17) is 4.74 Å². The predicted octanol–water partition coefficient (Wildman–Crippen LogP) is 2.91. The van der Waals surface area contributed by atoms with Gasteiger partial charge in [0.25, 0.3) is 5.91 Å². The van der Waals surface area contributed by atoms with E-state index in [-0.39, 0.29) is 5.91 Å². The van der Waals surface area contributed by atoms with Crippen LogP contribution in [0.3, 0.4) is 0 Å². The largest absolute Gasteiger partial charge is 0.385 e. The highest BCUT2D eigenvalue weighted by molar-refractivity contribution is 6.08. The molecule has 0 saturated heterocycles. The van der Waals surface area contributed by atoms with Crippen molar-refractivity contribution in [3.63, 3.8) is 0 Å². The van der Waals surface area contributed by atoms with Crippen molar-refractivity contribution in [3.05, 3.63) is 53.9 Å². The third-order valence-electron chi connectivity index (χ3n) is 3.00. The Bertz CT molecular complexity index is 614. The molecule has 0 radical (unpaired) electrons. The van der Waals surface area contributed by atoms with Crippen molar-refractivity contribution in [2.45, 2.75) is 13.5 Å². The van der Waals surface area contributed by atoms with Crippen LogP contribution in [0.4, 0.5) is 11.4 Å². The molecule has 0 atom stereocenters. The number of anilines is 2. The Hall–Kier alpha value is -2.40. The molecule has 0 aliphatic carbocycles. The van der Waals surface area contributed by atoms with E-state index in [0.717, 1.165) is 23.5 Å². The minimum atomic E-state index is -0.192. The minimum absolute atomic E-state index is 0.192. The van der Waals surface area contributed by atoms with Gasteiger partial charge in [0, 0.05) is 37.3 Å². The second-order valence-corrected chi connectivity index (χ2v) is 4.50. The van der Waals surface area contributed by atoms with Crippen LogP contribution in [-0.4, -0.2) is 24.5 Å². The van der Waals surface area contributed by atoms with Crippen LogP contribution in [0.5, 0.6) is 0 Å². The van der Waals surface area contributed by atoms with E-state index in [9.17, 15) is 4.79 Å². The molecule has 1 aromatic heterocycles. The number of pyridine rings is 1. The number of aromatic nitrogens is 1. The van der Waals surface area contributed by atoms with Crippen LogP contribution in [0.25, 0.3) is 0 Å². The van der Waals surface area contributed by atoms with E-state index in [1.807, 2.05) is 31.2 Å². The van der Waals surface area contributed by atoms with Crippen LogP contribution in [0.2, 0.25) is 0 Å². The van der Waals surface area contributed by atoms with Gasteiger partial charge in [-0.25, -0.2) is 0 Å². The number of carbonyl (C=O) groups is 1. The second kappa shape index (κ2) is 7.40. The van der Waals surface area contributed by atoms with Crippen molar-refractivity contribution in [2.75, 3.05) is 24.3 Å². The maximum Gasteiger partial charge on any atom is 0.259 e. The Morgan fingerprint density at radius 2 is 2.05 bits per heavy atom. The van der Waals surface area contributed by atoms with Crippen LogP contribution in [0.1, 0.15) is 22.8 Å². The van der Waals surface area contributed by atoms with Crippen molar-refractivity contribution < 1.29 is 9.53 Å². The molecule has 1 heterocycles. The number of carbonyl (C=O) groups excluding carboxylic acids is 1. The van der Waals surface area contributed by atoms with Gasteiger partial charge >= 0.3 is 0 Å². The number of rotatable bonds is 6. The Balaban J connectivity index is 2.22. The first-order valence-corrected chi connectivity index (χ1v) is 6.82. The molecule has 1 aromatic carbocycles. The first kappa shape index (κ1) is 15.0. The fourth-order valence-electron chi connectivity index (χ4n) is 2.03. The maximum atomic E-state index is 12.4. The zero-order valence-corrected chi connectivity index (χ0v) is 12.2. The first-order valence-electron chi connectivity index (χ1n) is 6.82. The summed E-state index contributed by atoms with van der Waals surface area (Å²) in [6.07, 6.45) is 3.22. The van der Waals surface area contributed by atoms with Crippen molar-refractivity contribution in [3.8, 4) is 0 Å². The number of nitrogens with one attached hydrogen (secondary N) is 2. The van der Waals surface area contributed by atoms with Crippen molar-refractivity contribution >= 4 is 17.3 Å². The molecule has 0 aliphatic heterocycles. The summed E-state index contributed by atoms with van der Waals surface area (Å²) >= 11 is 0. The fraction of sp³-hybridized carbons (Fsp3) is 0.250. The lowest BCUT2D eigenvalue weighted by Gasteiger charge is -2.13. The molecule has 0 bridgehead atoms.